The zero-order valence-corrected chi connectivity index (χ0v) is 18.6. The Balaban J connectivity index is 2.24. The molecule has 0 aromatic heterocycles. The van der Waals surface area contributed by atoms with Gasteiger partial charge in [0.25, 0.3) is 0 Å². The van der Waals surface area contributed by atoms with Crippen molar-refractivity contribution in [1.29, 1.82) is 0 Å². The second-order valence-electron chi connectivity index (χ2n) is 8.23. The van der Waals surface area contributed by atoms with Crippen molar-refractivity contribution in [2.24, 2.45) is 0 Å². The van der Waals surface area contributed by atoms with Gasteiger partial charge >= 0.3 is 0 Å². The van der Waals surface area contributed by atoms with Gasteiger partial charge in [-0.2, -0.15) is 0 Å². The lowest BCUT2D eigenvalue weighted by Crippen LogP contribution is -2.08. The van der Waals surface area contributed by atoms with Crippen molar-refractivity contribution in [1.82, 2.24) is 0 Å². The molecule has 0 fully saturated rings. The fraction of sp³-hybridized carbons (Fsp3) is 0. The van der Waals surface area contributed by atoms with E-state index in [0.717, 1.165) is 0 Å². The Labute approximate surface area is 211 Å². The zero-order chi connectivity index (χ0) is 29.5. The van der Waals surface area contributed by atoms with Gasteiger partial charge in [0.1, 0.15) is 5.82 Å². The van der Waals surface area contributed by atoms with Crippen LogP contribution in [0.5, 0.6) is 0 Å². The Morgan fingerprint density at radius 1 is 0.300 bits per heavy atom. The third kappa shape index (κ3) is 3.54. The number of halogens is 14. The predicted octanol–water partition coefficient (Wildman–Crippen LogP) is 9.27. The molecule has 40 heavy (non-hydrogen) atoms. The molecule has 0 aliphatic heterocycles. The lowest BCUT2D eigenvalue weighted by molar-refractivity contribution is 0.381. The van der Waals surface area contributed by atoms with Crippen LogP contribution >= 0.6 is 0 Å². The van der Waals surface area contributed by atoms with Gasteiger partial charge in [-0.25, -0.2) is 61.5 Å². The normalized spacial score (nSPS) is 11.8. The highest BCUT2D eigenvalue weighted by molar-refractivity contribution is 6.22. The van der Waals surface area contributed by atoms with Gasteiger partial charge in [0.15, 0.2) is 69.8 Å². The fourth-order valence-corrected chi connectivity index (χ4v) is 4.45. The van der Waals surface area contributed by atoms with Gasteiger partial charge in [0, 0.05) is 28.0 Å². The third-order valence-electron chi connectivity index (χ3n) is 6.11. The molecule has 0 atom stereocenters. The van der Waals surface area contributed by atoms with Gasteiger partial charge in [-0.15, -0.1) is 0 Å². The number of rotatable bonds is 2. The fourth-order valence-electron chi connectivity index (χ4n) is 4.45. The van der Waals surface area contributed by atoms with E-state index >= 15 is 8.78 Å². The maximum absolute atomic E-state index is 15.3. The highest BCUT2D eigenvalue weighted by atomic mass is 19.2. The van der Waals surface area contributed by atoms with Gasteiger partial charge in [0.05, 0.1) is 11.1 Å². The average molecular weight is 582 g/mol. The lowest BCUT2D eigenvalue weighted by atomic mass is 9.84. The Morgan fingerprint density at radius 2 is 0.675 bits per heavy atom. The molecule has 0 amide bonds. The van der Waals surface area contributed by atoms with E-state index < -0.39 is 125 Å². The topological polar surface area (TPSA) is 0 Å². The Bertz CT molecular complexity index is 1890. The summed E-state index contributed by atoms with van der Waals surface area (Å²) >= 11 is 0. The van der Waals surface area contributed by atoms with Crippen LogP contribution in [0.3, 0.4) is 0 Å². The zero-order valence-electron chi connectivity index (χ0n) is 18.6. The van der Waals surface area contributed by atoms with Gasteiger partial charge in [0.2, 0.25) is 5.82 Å². The number of fused-ring (bicyclic) bond motifs is 2. The molecule has 0 aliphatic rings. The molecule has 0 saturated carbocycles. The highest BCUT2D eigenvalue weighted by Crippen LogP contribution is 2.49. The van der Waals surface area contributed by atoms with Gasteiger partial charge in [-0.3, -0.25) is 0 Å². The van der Waals surface area contributed by atoms with Gasteiger partial charge < -0.3 is 0 Å². The van der Waals surface area contributed by atoms with E-state index in [1.165, 1.54) is 0 Å². The molecule has 0 spiro atoms. The minimum Gasteiger partial charge on any atom is -0.207 e. The van der Waals surface area contributed by atoms with Crippen molar-refractivity contribution in [3.8, 4) is 22.3 Å². The first-order valence-electron chi connectivity index (χ1n) is 10.5. The summed E-state index contributed by atoms with van der Waals surface area (Å²) in [6, 6.07) is 0.739. The minimum absolute atomic E-state index is 0.176. The predicted molar refractivity (Wildman–Crippen MR) is 112 cm³/mol. The SMILES string of the molecule is Fc1ccc2c(-c3c(F)c(F)cc(F)c3F)c3c(F)c(F)c(F)c(F)c3c(-c3c(F)c(F)c(F)c(F)c3F)c2c1. The van der Waals surface area contributed by atoms with Crippen molar-refractivity contribution < 1.29 is 61.5 Å². The molecule has 5 aromatic rings. The lowest BCUT2D eigenvalue weighted by Gasteiger charge is -2.21. The molecule has 0 nitrogen and oxygen atoms in total. The largest absolute Gasteiger partial charge is 0.207 e. The minimum atomic E-state index is -2.73. The maximum atomic E-state index is 15.3. The van der Waals surface area contributed by atoms with E-state index in [9.17, 15) is 52.7 Å². The molecule has 5 aromatic carbocycles. The summed E-state index contributed by atoms with van der Waals surface area (Å²) in [5.41, 5.74) is -7.16. The summed E-state index contributed by atoms with van der Waals surface area (Å²) in [7, 11) is 0. The molecule has 14 heteroatoms. The van der Waals surface area contributed by atoms with Crippen LogP contribution in [0.15, 0.2) is 24.3 Å². The molecule has 0 radical (unpaired) electrons. The summed E-state index contributed by atoms with van der Waals surface area (Å²) in [6.07, 6.45) is 0. The maximum Gasteiger partial charge on any atom is 0.200 e. The molecule has 206 valence electrons. The van der Waals surface area contributed by atoms with Crippen molar-refractivity contribution in [3.63, 3.8) is 0 Å². The summed E-state index contributed by atoms with van der Waals surface area (Å²) < 4.78 is 203. The van der Waals surface area contributed by atoms with E-state index in [-0.39, 0.29) is 12.1 Å². The first-order valence-corrected chi connectivity index (χ1v) is 10.5. The molecule has 0 heterocycles. The Kier molecular flexibility index (Phi) is 6.19. The van der Waals surface area contributed by atoms with Gasteiger partial charge in [-0.1, -0.05) is 6.07 Å². The van der Waals surface area contributed by atoms with Crippen molar-refractivity contribution >= 4 is 21.5 Å². The summed E-state index contributed by atoms with van der Waals surface area (Å²) in [5.74, 6) is -34.4. The number of benzene rings is 5. The second kappa shape index (κ2) is 9.10. The summed E-state index contributed by atoms with van der Waals surface area (Å²) in [5, 5.41) is -6.01. The van der Waals surface area contributed by atoms with Crippen LogP contribution in [0.25, 0.3) is 43.8 Å². The molecular formula is C26H4F14. The monoisotopic (exact) mass is 582 g/mol. The Morgan fingerprint density at radius 3 is 1.15 bits per heavy atom. The third-order valence-corrected chi connectivity index (χ3v) is 6.11. The number of hydrogen-bond acceptors (Lipinski definition) is 0. The summed E-state index contributed by atoms with van der Waals surface area (Å²) in [6.45, 7) is 0. The second-order valence-corrected chi connectivity index (χ2v) is 8.23. The highest BCUT2D eigenvalue weighted by Gasteiger charge is 2.35. The molecule has 0 N–H and O–H groups in total. The molecule has 0 aliphatic carbocycles. The summed E-state index contributed by atoms with van der Waals surface area (Å²) in [4.78, 5) is 0. The van der Waals surface area contributed by atoms with E-state index in [0.29, 0.717) is 12.1 Å². The van der Waals surface area contributed by atoms with Crippen LogP contribution in [0, 0.1) is 81.4 Å². The average Bonchev–Trinajstić information content (AvgIpc) is 2.92. The quantitative estimate of drug-likeness (QED) is 0.0843. The van der Waals surface area contributed by atoms with E-state index in [4.69, 9.17) is 0 Å². The molecule has 0 saturated heterocycles. The van der Waals surface area contributed by atoms with Crippen LogP contribution in [0.2, 0.25) is 0 Å². The molecular weight excluding hydrogens is 578 g/mol. The van der Waals surface area contributed by atoms with Crippen molar-refractivity contribution in [2.45, 2.75) is 0 Å². The standard InChI is InChI=1S/C26H4F14/c27-5-1-2-6-7(3-5)11(15-20(34)24(38)26(40)25(39)21(15)35)13-12(18(32)22(36)23(37)19(13)33)10(6)14-16(30)8(28)4-9(29)17(14)31/h1-4H. The van der Waals surface area contributed by atoms with Crippen LogP contribution in [-0.2, 0) is 0 Å². The Hall–Kier alpha value is -4.36. The van der Waals surface area contributed by atoms with Crippen LogP contribution in [-0.4, -0.2) is 0 Å². The smallest absolute Gasteiger partial charge is 0.200 e. The van der Waals surface area contributed by atoms with E-state index in [1.807, 2.05) is 0 Å². The van der Waals surface area contributed by atoms with E-state index in [2.05, 4.69) is 0 Å². The van der Waals surface area contributed by atoms with Crippen LogP contribution in [0.1, 0.15) is 0 Å². The molecule has 0 unspecified atom stereocenters. The molecule has 0 bridgehead atoms. The van der Waals surface area contributed by atoms with Gasteiger partial charge in [-0.05, 0) is 22.9 Å². The van der Waals surface area contributed by atoms with Crippen LogP contribution < -0.4 is 0 Å². The first-order chi connectivity index (χ1) is 18.7. The van der Waals surface area contributed by atoms with Crippen LogP contribution in [0.4, 0.5) is 61.5 Å². The molecule has 5 rings (SSSR count). The number of hydrogen-bond donors (Lipinski definition) is 0. The van der Waals surface area contributed by atoms with Crippen molar-refractivity contribution in [2.75, 3.05) is 0 Å². The van der Waals surface area contributed by atoms with E-state index in [1.54, 1.807) is 0 Å². The first kappa shape index (κ1) is 27.2. The van der Waals surface area contributed by atoms with Crippen molar-refractivity contribution in [3.05, 3.63) is 106 Å².